The maximum Gasteiger partial charge on any atom is 0.223 e. The van der Waals surface area contributed by atoms with Crippen LogP contribution in [0.3, 0.4) is 0 Å². The van der Waals surface area contributed by atoms with E-state index in [-0.39, 0.29) is 11.9 Å². The average molecular weight is 354 g/mol. The van der Waals surface area contributed by atoms with Crippen LogP contribution in [0.5, 0.6) is 5.75 Å². The Kier molecular flexibility index (Phi) is 5.57. The highest BCUT2D eigenvalue weighted by Gasteiger charge is 2.42. The van der Waals surface area contributed by atoms with Crippen LogP contribution < -0.4 is 4.74 Å². The molecule has 2 aromatic rings. The second-order valence-corrected chi connectivity index (χ2v) is 6.94. The Morgan fingerprint density at radius 3 is 2.73 bits per heavy atom. The molecular weight excluding hydrogens is 328 g/mol. The minimum atomic E-state index is -1.09. The predicted octanol–water partition coefficient (Wildman–Crippen LogP) is 2.92. The lowest BCUT2D eigenvalue weighted by molar-refractivity contribution is -0.137. The van der Waals surface area contributed by atoms with Gasteiger partial charge in [-0.05, 0) is 56.0 Å². The number of carbonyl (C=O) groups excluding carboxylic acids is 1. The highest BCUT2D eigenvalue weighted by molar-refractivity contribution is 5.77. The fraction of sp³-hybridized carbons (Fsp3) is 0.429. The Hall–Kier alpha value is -2.40. The van der Waals surface area contributed by atoms with Crippen molar-refractivity contribution in [1.29, 1.82) is 0 Å². The molecule has 138 valence electrons. The van der Waals surface area contributed by atoms with Crippen LogP contribution in [0.4, 0.5) is 0 Å². The Morgan fingerprint density at radius 1 is 1.31 bits per heavy atom. The van der Waals surface area contributed by atoms with E-state index in [0.29, 0.717) is 19.4 Å². The molecule has 0 bridgehead atoms. The van der Waals surface area contributed by atoms with Crippen LogP contribution in [0, 0.1) is 0 Å². The van der Waals surface area contributed by atoms with Crippen molar-refractivity contribution in [2.45, 2.75) is 44.2 Å². The first kappa shape index (κ1) is 18.4. The van der Waals surface area contributed by atoms with E-state index in [4.69, 9.17) is 4.74 Å². The number of pyridine rings is 1. The lowest BCUT2D eigenvalue weighted by Gasteiger charge is -2.37. The van der Waals surface area contributed by atoms with Gasteiger partial charge in [-0.25, -0.2) is 0 Å². The summed E-state index contributed by atoms with van der Waals surface area (Å²) in [5, 5.41) is 11.2. The topological polar surface area (TPSA) is 62.7 Å². The third-order valence-corrected chi connectivity index (χ3v) is 5.22. The number of carbonyl (C=O) groups is 1. The van der Waals surface area contributed by atoms with Gasteiger partial charge in [-0.15, -0.1) is 0 Å². The van der Waals surface area contributed by atoms with E-state index in [1.165, 1.54) is 0 Å². The molecule has 2 atom stereocenters. The van der Waals surface area contributed by atoms with Gasteiger partial charge < -0.3 is 14.7 Å². The molecule has 0 saturated carbocycles. The first-order valence-corrected chi connectivity index (χ1v) is 9.08. The Bertz CT molecular complexity index is 729. The van der Waals surface area contributed by atoms with Crippen molar-refractivity contribution in [3.8, 4) is 5.75 Å². The number of hydrogen-bond donors (Lipinski definition) is 1. The summed E-state index contributed by atoms with van der Waals surface area (Å²) in [6.07, 6.45) is 4.48. The Labute approximate surface area is 154 Å². The van der Waals surface area contributed by atoms with E-state index < -0.39 is 5.60 Å². The zero-order chi connectivity index (χ0) is 18.6. The number of aromatic nitrogens is 1. The molecule has 1 aliphatic heterocycles. The van der Waals surface area contributed by atoms with Crippen LogP contribution in [-0.4, -0.2) is 40.6 Å². The van der Waals surface area contributed by atoms with Crippen molar-refractivity contribution in [3.05, 3.63) is 59.9 Å². The van der Waals surface area contributed by atoms with Crippen LogP contribution in [0.1, 0.15) is 37.4 Å². The van der Waals surface area contributed by atoms with Crippen molar-refractivity contribution in [1.82, 2.24) is 9.88 Å². The molecular formula is C21H26N2O3. The number of methoxy groups -OCH3 is 1. The van der Waals surface area contributed by atoms with Gasteiger partial charge in [-0.1, -0.05) is 18.2 Å². The normalized spacial score (nSPS) is 19.2. The summed E-state index contributed by atoms with van der Waals surface area (Å²) in [4.78, 5) is 18.9. The molecule has 3 rings (SSSR count). The van der Waals surface area contributed by atoms with Gasteiger partial charge in [-0.2, -0.15) is 0 Å². The van der Waals surface area contributed by atoms with Crippen molar-refractivity contribution in [2.24, 2.45) is 0 Å². The number of ether oxygens (including phenoxy) is 1. The molecule has 5 nitrogen and oxygen atoms in total. The minimum Gasteiger partial charge on any atom is -0.497 e. The van der Waals surface area contributed by atoms with Gasteiger partial charge in [0, 0.05) is 24.9 Å². The second kappa shape index (κ2) is 7.87. The number of hydrogen-bond acceptors (Lipinski definition) is 4. The summed E-state index contributed by atoms with van der Waals surface area (Å²) in [7, 11) is 1.62. The Morgan fingerprint density at radius 2 is 2.08 bits per heavy atom. The molecule has 1 aliphatic rings. The monoisotopic (exact) mass is 354 g/mol. The molecule has 0 radical (unpaired) electrons. The molecule has 1 aromatic carbocycles. The molecule has 0 aliphatic carbocycles. The number of nitrogens with zero attached hydrogens (tertiary/aromatic N) is 2. The highest BCUT2D eigenvalue weighted by atomic mass is 16.5. The van der Waals surface area contributed by atoms with Crippen molar-refractivity contribution >= 4 is 5.91 Å². The summed E-state index contributed by atoms with van der Waals surface area (Å²) in [5.41, 5.74) is 0.620. The highest BCUT2D eigenvalue weighted by Crippen LogP contribution is 2.35. The predicted molar refractivity (Wildman–Crippen MR) is 99.9 cm³/mol. The third kappa shape index (κ3) is 3.88. The minimum absolute atomic E-state index is 0.0759. The van der Waals surface area contributed by atoms with E-state index in [9.17, 15) is 9.90 Å². The van der Waals surface area contributed by atoms with Crippen molar-refractivity contribution in [3.63, 3.8) is 0 Å². The summed E-state index contributed by atoms with van der Waals surface area (Å²) in [6.45, 7) is 2.49. The van der Waals surface area contributed by atoms with E-state index in [2.05, 4.69) is 4.98 Å². The molecule has 26 heavy (non-hydrogen) atoms. The van der Waals surface area contributed by atoms with Crippen molar-refractivity contribution < 1.29 is 14.6 Å². The standard InChI is InChI=1S/C21H26N2O3/c1-21(25,16-8-11-18(26-2)12-9-16)19-7-5-15-23(19)20(24)13-10-17-6-3-4-14-22-17/h3-4,6,8-9,11-12,14,19,25H,5,7,10,13,15H2,1-2H3. The number of benzene rings is 1. The molecule has 1 fully saturated rings. The smallest absolute Gasteiger partial charge is 0.223 e. The quantitative estimate of drug-likeness (QED) is 0.866. The zero-order valence-electron chi connectivity index (χ0n) is 15.4. The zero-order valence-corrected chi connectivity index (χ0v) is 15.4. The molecule has 2 unspecified atom stereocenters. The first-order valence-electron chi connectivity index (χ1n) is 9.08. The fourth-order valence-corrected chi connectivity index (χ4v) is 3.70. The maximum absolute atomic E-state index is 12.8. The van der Waals surface area contributed by atoms with Crippen LogP contribution in [0.25, 0.3) is 0 Å². The number of rotatable bonds is 6. The van der Waals surface area contributed by atoms with Gasteiger partial charge in [-0.3, -0.25) is 9.78 Å². The molecule has 1 N–H and O–H groups in total. The lowest BCUT2D eigenvalue weighted by Crippen LogP contribution is -2.48. The lowest BCUT2D eigenvalue weighted by atomic mass is 9.86. The van der Waals surface area contributed by atoms with Gasteiger partial charge in [0.15, 0.2) is 0 Å². The van der Waals surface area contributed by atoms with Gasteiger partial charge in [0.1, 0.15) is 11.4 Å². The Balaban J connectivity index is 1.70. The number of amides is 1. The molecule has 5 heteroatoms. The fourth-order valence-electron chi connectivity index (χ4n) is 3.70. The number of aryl methyl sites for hydroxylation is 1. The van der Waals surface area contributed by atoms with Crippen LogP contribution in [0.2, 0.25) is 0 Å². The van der Waals surface area contributed by atoms with E-state index in [1.54, 1.807) is 20.2 Å². The van der Waals surface area contributed by atoms with Crippen LogP contribution in [0.15, 0.2) is 48.7 Å². The maximum atomic E-state index is 12.8. The molecule has 2 heterocycles. The summed E-state index contributed by atoms with van der Waals surface area (Å²) in [6, 6.07) is 12.9. The molecule has 1 saturated heterocycles. The van der Waals surface area contributed by atoms with Gasteiger partial charge in [0.05, 0.1) is 13.2 Å². The van der Waals surface area contributed by atoms with Gasteiger partial charge in [0.25, 0.3) is 0 Å². The second-order valence-electron chi connectivity index (χ2n) is 6.94. The van der Waals surface area contributed by atoms with Crippen molar-refractivity contribution in [2.75, 3.05) is 13.7 Å². The SMILES string of the molecule is COc1ccc(C(C)(O)C2CCCN2C(=O)CCc2ccccn2)cc1. The number of likely N-dealkylation sites (tertiary alicyclic amines) is 1. The number of aliphatic hydroxyl groups is 1. The first-order chi connectivity index (χ1) is 12.5. The van der Waals surface area contributed by atoms with Gasteiger partial charge >= 0.3 is 0 Å². The summed E-state index contributed by atoms with van der Waals surface area (Å²) in [5.74, 6) is 0.825. The van der Waals surface area contributed by atoms with Crippen LogP contribution in [-0.2, 0) is 16.8 Å². The van der Waals surface area contributed by atoms with E-state index in [0.717, 1.165) is 29.8 Å². The molecule has 0 spiro atoms. The largest absolute Gasteiger partial charge is 0.497 e. The van der Waals surface area contributed by atoms with E-state index in [1.807, 2.05) is 47.4 Å². The average Bonchev–Trinajstić information content (AvgIpc) is 3.18. The summed E-state index contributed by atoms with van der Waals surface area (Å²) >= 11 is 0. The third-order valence-electron chi connectivity index (χ3n) is 5.22. The van der Waals surface area contributed by atoms with Gasteiger partial charge in [0.2, 0.25) is 5.91 Å². The molecule has 1 amide bonds. The summed E-state index contributed by atoms with van der Waals surface area (Å²) < 4.78 is 5.19. The van der Waals surface area contributed by atoms with E-state index >= 15 is 0 Å². The molecule has 1 aromatic heterocycles. The van der Waals surface area contributed by atoms with Crippen LogP contribution >= 0.6 is 0 Å².